The third-order valence-electron chi connectivity index (χ3n) is 6.73. The third kappa shape index (κ3) is 4.87. The largest absolute Gasteiger partial charge is 0.506 e. The molecule has 2 aromatic carbocycles. The van der Waals surface area contributed by atoms with Crippen LogP contribution in [0.4, 0.5) is 0 Å². The SMILES string of the molecule is COc1ccc(C2=CC(=C(C#N)C3=C(O)C(=C(C#N)c4cc[n+](C)cc4)C3=O)C=C(c3ccccc3)O2)cc1OC. The van der Waals surface area contributed by atoms with Crippen LogP contribution in [0.2, 0.25) is 0 Å². The van der Waals surface area contributed by atoms with E-state index in [1.807, 2.05) is 43.4 Å². The number of aryl methyl sites for hydroxylation is 1. The molecule has 0 fully saturated rings. The number of carbonyl (C=O) groups excluding carboxylic acids is 1. The quantitative estimate of drug-likeness (QED) is 0.261. The summed E-state index contributed by atoms with van der Waals surface area (Å²) in [5.74, 6) is 0.879. The maximum Gasteiger partial charge on any atom is 0.203 e. The number of methoxy groups -OCH3 is 2. The molecule has 0 saturated carbocycles. The van der Waals surface area contributed by atoms with Crippen LogP contribution in [-0.2, 0) is 16.6 Å². The summed E-state index contributed by atoms with van der Waals surface area (Å²) in [4.78, 5) is 13.4. The number of aliphatic hydroxyl groups excluding tert-OH is 1. The molecular weight excluding hydrogens is 518 g/mol. The Kier molecular flexibility index (Phi) is 7.23. The van der Waals surface area contributed by atoms with Gasteiger partial charge < -0.3 is 19.3 Å². The van der Waals surface area contributed by atoms with Crippen LogP contribution in [0, 0.1) is 22.7 Å². The molecule has 200 valence electrons. The molecule has 41 heavy (non-hydrogen) atoms. The van der Waals surface area contributed by atoms with E-state index in [2.05, 4.69) is 6.07 Å². The Hall–Kier alpha value is -5.86. The molecule has 0 unspecified atom stereocenters. The summed E-state index contributed by atoms with van der Waals surface area (Å²) in [6.45, 7) is 0. The number of allylic oxidation sites excluding steroid dienone is 7. The number of pyridine rings is 1. The zero-order valence-electron chi connectivity index (χ0n) is 22.5. The number of aromatic nitrogens is 1. The number of aliphatic hydroxyl groups is 1. The summed E-state index contributed by atoms with van der Waals surface area (Å²) in [6.07, 6.45) is 6.75. The molecule has 0 radical (unpaired) electrons. The number of nitriles is 2. The van der Waals surface area contributed by atoms with Gasteiger partial charge in [-0.25, -0.2) is 4.57 Å². The minimum Gasteiger partial charge on any atom is -0.506 e. The first-order valence-electron chi connectivity index (χ1n) is 12.5. The van der Waals surface area contributed by atoms with Gasteiger partial charge in [0.05, 0.1) is 36.5 Å². The van der Waals surface area contributed by atoms with Gasteiger partial charge in [-0.15, -0.1) is 0 Å². The van der Waals surface area contributed by atoms with Crippen molar-refractivity contribution in [1.82, 2.24) is 0 Å². The maximum atomic E-state index is 13.4. The molecule has 0 amide bonds. The van der Waals surface area contributed by atoms with E-state index >= 15 is 0 Å². The van der Waals surface area contributed by atoms with Crippen LogP contribution in [0.15, 0.2) is 113 Å². The fourth-order valence-corrected chi connectivity index (χ4v) is 4.59. The number of ketones is 1. The molecule has 5 rings (SSSR count). The zero-order valence-corrected chi connectivity index (χ0v) is 22.5. The van der Waals surface area contributed by atoms with E-state index in [0.29, 0.717) is 39.7 Å². The van der Waals surface area contributed by atoms with Gasteiger partial charge in [-0.3, -0.25) is 4.79 Å². The van der Waals surface area contributed by atoms with Gasteiger partial charge in [-0.1, -0.05) is 30.3 Å². The first-order chi connectivity index (χ1) is 19.9. The Balaban J connectivity index is 1.69. The van der Waals surface area contributed by atoms with Crippen LogP contribution < -0.4 is 14.0 Å². The molecule has 8 nitrogen and oxygen atoms in total. The van der Waals surface area contributed by atoms with Gasteiger partial charge in [0.2, 0.25) is 5.78 Å². The predicted molar refractivity (Wildman–Crippen MR) is 150 cm³/mol. The highest BCUT2D eigenvalue weighted by atomic mass is 16.5. The van der Waals surface area contributed by atoms with Crippen LogP contribution in [0.1, 0.15) is 16.7 Å². The highest BCUT2D eigenvalue weighted by Gasteiger charge is 2.40. The third-order valence-corrected chi connectivity index (χ3v) is 6.73. The number of nitrogens with zero attached hydrogens (tertiary/aromatic N) is 3. The molecule has 1 aliphatic heterocycles. The molecule has 1 aliphatic carbocycles. The van der Waals surface area contributed by atoms with E-state index in [1.165, 1.54) is 14.2 Å². The fraction of sp³-hybridized carbons (Fsp3) is 0.0909. The molecule has 0 bridgehead atoms. The monoisotopic (exact) mass is 542 g/mol. The second kappa shape index (κ2) is 11.1. The van der Waals surface area contributed by atoms with Crippen molar-refractivity contribution in [2.45, 2.75) is 0 Å². The number of ether oxygens (including phenoxy) is 3. The van der Waals surface area contributed by atoms with Crippen LogP contribution >= 0.6 is 0 Å². The van der Waals surface area contributed by atoms with Gasteiger partial charge in [0.25, 0.3) is 0 Å². The van der Waals surface area contributed by atoms with Gasteiger partial charge in [0.15, 0.2) is 23.9 Å². The lowest BCUT2D eigenvalue weighted by Crippen LogP contribution is -2.27. The summed E-state index contributed by atoms with van der Waals surface area (Å²) in [7, 11) is 4.89. The minimum absolute atomic E-state index is 0.0354. The van der Waals surface area contributed by atoms with E-state index in [1.54, 1.807) is 59.4 Å². The minimum atomic E-state index is -0.585. The number of carbonyl (C=O) groups is 1. The summed E-state index contributed by atoms with van der Waals surface area (Å²) in [5.41, 5.74) is 1.96. The summed E-state index contributed by atoms with van der Waals surface area (Å²) < 4.78 is 18.8. The van der Waals surface area contributed by atoms with Gasteiger partial charge in [-0.2, -0.15) is 10.5 Å². The summed E-state index contributed by atoms with van der Waals surface area (Å²) >= 11 is 0. The number of hydrogen-bond acceptors (Lipinski definition) is 7. The lowest BCUT2D eigenvalue weighted by Gasteiger charge is -2.24. The van der Waals surface area contributed by atoms with Gasteiger partial charge in [-0.05, 0) is 30.4 Å². The Labute approximate surface area is 236 Å². The molecule has 2 heterocycles. The Bertz CT molecular complexity index is 1810. The predicted octanol–water partition coefficient (Wildman–Crippen LogP) is 5.13. The van der Waals surface area contributed by atoms with E-state index in [4.69, 9.17) is 14.2 Å². The number of hydrogen-bond donors (Lipinski definition) is 1. The molecule has 0 atom stereocenters. The van der Waals surface area contributed by atoms with Crippen molar-refractivity contribution in [3.05, 3.63) is 130 Å². The topological polar surface area (TPSA) is 116 Å². The standard InChI is InChI=1S/C33H23N3O5/c1-36-13-11-20(12-14-36)24(18-34)30-32(37)31(33(30)38)25(19-35)23-16-27(21-7-5-4-6-8-21)41-28(17-23)22-9-10-26(39-2)29(15-22)40-3/h4-17H,1-3H3/p+1. The Morgan fingerprint density at radius 3 is 2.07 bits per heavy atom. The Morgan fingerprint density at radius 2 is 1.49 bits per heavy atom. The van der Waals surface area contributed by atoms with Crippen molar-refractivity contribution in [3.63, 3.8) is 0 Å². The highest BCUT2D eigenvalue weighted by molar-refractivity contribution is 6.27. The van der Waals surface area contributed by atoms with Crippen LogP contribution in [-0.4, -0.2) is 25.1 Å². The van der Waals surface area contributed by atoms with E-state index in [-0.39, 0.29) is 22.3 Å². The molecule has 1 aromatic heterocycles. The summed E-state index contributed by atoms with van der Waals surface area (Å²) in [5, 5.41) is 31.1. The molecule has 0 saturated heterocycles. The normalized spacial score (nSPS) is 16.8. The van der Waals surface area contributed by atoms with E-state index < -0.39 is 11.5 Å². The van der Waals surface area contributed by atoms with Crippen molar-refractivity contribution >= 4 is 22.9 Å². The smallest absolute Gasteiger partial charge is 0.203 e. The number of benzene rings is 2. The van der Waals surface area contributed by atoms with Crippen molar-refractivity contribution in [2.24, 2.45) is 7.05 Å². The first-order valence-corrected chi connectivity index (χ1v) is 12.5. The molecule has 8 heteroatoms. The number of Topliss-reactive ketones (excluding diaryl/α,β-unsaturated/α-hetero) is 1. The number of rotatable bonds is 6. The van der Waals surface area contributed by atoms with Crippen molar-refractivity contribution < 1.29 is 28.7 Å². The van der Waals surface area contributed by atoms with Crippen LogP contribution in [0.5, 0.6) is 11.5 Å². The highest BCUT2D eigenvalue weighted by Crippen LogP contribution is 2.42. The van der Waals surface area contributed by atoms with Crippen molar-refractivity contribution in [1.29, 1.82) is 10.5 Å². The van der Waals surface area contributed by atoms with Gasteiger partial charge >= 0.3 is 0 Å². The second-order valence-electron chi connectivity index (χ2n) is 9.16. The average Bonchev–Trinajstić information content (AvgIpc) is 3.02. The fourth-order valence-electron chi connectivity index (χ4n) is 4.59. The maximum absolute atomic E-state index is 13.4. The zero-order chi connectivity index (χ0) is 29.1. The van der Waals surface area contributed by atoms with Gasteiger partial charge in [0.1, 0.15) is 36.5 Å². The van der Waals surface area contributed by atoms with Crippen molar-refractivity contribution in [3.8, 4) is 23.6 Å². The lowest BCUT2D eigenvalue weighted by molar-refractivity contribution is -0.671. The second-order valence-corrected chi connectivity index (χ2v) is 9.16. The average molecular weight is 543 g/mol. The molecule has 2 aliphatic rings. The molecular formula is C33H24N3O5+. The molecule has 0 spiro atoms. The van der Waals surface area contributed by atoms with E-state index in [9.17, 15) is 20.4 Å². The molecule has 1 N–H and O–H groups in total. The molecule has 3 aromatic rings. The Morgan fingerprint density at radius 1 is 0.854 bits per heavy atom. The van der Waals surface area contributed by atoms with E-state index in [0.717, 1.165) is 5.56 Å². The van der Waals surface area contributed by atoms with Crippen LogP contribution in [0.25, 0.3) is 17.1 Å². The summed E-state index contributed by atoms with van der Waals surface area (Å²) in [6, 6.07) is 22.0. The first kappa shape index (κ1) is 26.7. The van der Waals surface area contributed by atoms with Crippen LogP contribution in [0.3, 0.4) is 0 Å². The van der Waals surface area contributed by atoms with Gasteiger partial charge in [0, 0.05) is 34.4 Å². The van der Waals surface area contributed by atoms with Crippen molar-refractivity contribution in [2.75, 3.05) is 14.2 Å². The lowest BCUT2D eigenvalue weighted by atomic mass is 9.78.